The number of fused-ring (bicyclic) bond motifs is 2. The zero-order valence-electron chi connectivity index (χ0n) is 20.3. The number of pyridine rings is 1. The van der Waals surface area contributed by atoms with Gasteiger partial charge in [-0.25, -0.2) is 4.79 Å². The number of carboxylic acids is 1. The Morgan fingerprint density at radius 2 is 1.80 bits per heavy atom. The highest BCUT2D eigenvalue weighted by Crippen LogP contribution is 2.62. The first-order valence-corrected chi connectivity index (χ1v) is 11.8. The molecule has 0 unspecified atom stereocenters. The highest BCUT2D eigenvalue weighted by molar-refractivity contribution is 5.94. The molecule has 1 saturated carbocycles. The van der Waals surface area contributed by atoms with Crippen LogP contribution in [0.1, 0.15) is 43.0 Å². The summed E-state index contributed by atoms with van der Waals surface area (Å²) in [5.41, 5.74) is 0.635. The molecule has 2 amide bonds. The number of hydrogen-bond donors (Lipinski definition) is 1. The highest BCUT2D eigenvalue weighted by atomic mass is 19.4. The van der Waals surface area contributed by atoms with Crippen molar-refractivity contribution in [2.45, 2.75) is 38.8 Å². The lowest BCUT2D eigenvalue weighted by Gasteiger charge is -2.44. The van der Waals surface area contributed by atoms with Crippen LogP contribution in [0.25, 0.3) is 0 Å². The fourth-order valence-corrected chi connectivity index (χ4v) is 6.12. The van der Waals surface area contributed by atoms with Crippen molar-refractivity contribution < 1.29 is 32.7 Å². The lowest BCUT2D eigenvalue weighted by Crippen LogP contribution is -2.49. The Balaban J connectivity index is 0.000000429. The molecule has 35 heavy (non-hydrogen) atoms. The smallest absolute Gasteiger partial charge is 0.475 e. The van der Waals surface area contributed by atoms with Crippen molar-refractivity contribution in [3.05, 3.63) is 30.1 Å². The molecule has 3 heterocycles. The summed E-state index contributed by atoms with van der Waals surface area (Å²) in [5, 5.41) is 7.12. The molecule has 0 radical (unpaired) electrons. The molecule has 8 nitrogen and oxygen atoms in total. The normalized spacial score (nSPS) is 25.5. The highest BCUT2D eigenvalue weighted by Gasteiger charge is 2.64. The zero-order valence-corrected chi connectivity index (χ0v) is 20.3. The first-order chi connectivity index (χ1) is 16.4. The third-order valence-corrected chi connectivity index (χ3v) is 7.90. The summed E-state index contributed by atoms with van der Waals surface area (Å²) in [7, 11) is 3.78. The number of carboxylic acid groups (broad SMARTS) is 1. The van der Waals surface area contributed by atoms with E-state index in [2.05, 4.69) is 16.8 Å². The molecule has 4 rings (SSSR count). The van der Waals surface area contributed by atoms with Gasteiger partial charge in [0.05, 0.1) is 11.0 Å². The number of carbonyl (C=O) groups excluding carboxylic acids is 2. The van der Waals surface area contributed by atoms with Crippen LogP contribution in [0.15, 0.2) is 24.5 Å². The molecule has 1 aliphatic carbocycles. The predicted octanol–water partition coefficient (Wildman–Crippen LogP) is 2.76. The molecule has 0 aromatic carbocycles. The molecule has 3 fully saturated rings. The van der Waals surface area contributed by atoms with Crippen LogP contribution in [-0.2, 0) is 9.59 Å². The molecule has 11 heteroatoms. The second-order valence-electron chi connectivity index (χ2n) is 9.94. The Hall–Kier alpha value is -2.69. The van der Waals surface area contributed by atoms with E-state index in [9.17, 15) is 22.8 Å². The fourth-order valence-electron chi connectivity index (χ4n) is 6.12. The van der Waals surface area contributed by atoms with Gasteiger partial charge in [0.2, 0.25) is 5.91 Å². The minimum absolute atomic E-state index is 0.0817. The zero-order chi connectivity index (χ0) is 26.0. The van der Waals surface area contributed by atoms with Gasteiger partial charge in [-0.2, -0.15) is 13.2 Å². The fraction of sp³-hybridized carbons (Fsp3) is 0.667. The summed E-state index contributed by atoms with van der Waals surface area (Å²) in [6.45, 7) is 6.67. The van der Waals surface area contributed by atoms with E-state index in [1.807, 2.05) is 31.1 Å². The van der Waals surface area contributed by atoms with Gasteiger partial charge >= 0.3 is 12.1 Å². The molecule has 2 atom stereocenters. The van der Waals surface area contributed by atoms with E-state index < -0.39 is 12.1 Å². The third kappa shape index (κ3) is 5.29. The van der Waals surface area contributed by atoms with Crippen LogP contribution in [0.2, 0.25) is 0 Å². The first-order valence-electron chi connectivity index (χ1n) is 11.8. The van der Waals surface area contributed by atoms with Crippen LogP contribution in [0.4, 0.5) is 13.2 Å². The predicted molar refractivity (Wildman–Crippen MR) is 121 cm³/mol. The maximum absolute atomic E-state index is 13.2. The van der Waals surface area contributed by atoms with Gasteiger partial charge in [0.25, 0.3) is 5.91 Å². The molecular weight excluding hydrogens is 465 g/mol. The Kier molecular flexibility index (Phi) is 7.78. The van der Waals surface area contributed by atoms with Gasteiger partial charge in [-0.15, -0.1) is 0 Å². The van der Waals surface area contributed by atoms with Crippen LogP contribution < -0.4 is 0 Å². The average Bonchev–Trinajstić information content (AvgIpc) is 3.35. The summed E-state index contributed by atoms with van der Waals surface area (Å²) >= 11 is 0. The summed E-state index contributed by atoms with van der Waals surface area (Å²) in [6.07, 6.45) is 2.37. The molecule has 194 valence electrons. The van der Waals surface area contributed by atoms with Crippen LogP contribution >= 0.6 is 0 Å². The minimum atomic E-state index is -5.08. The average molecular weight is 499 g/mol. The maximum atomic E-state index is 13.2. The van der Waals surface area contributed by atoms with E-state index in [0.29, 0.717) is 17.4 Å². The standard InChI is InChI=1S/C22H32N4O2.C2HF3O2/c1-4-25-15-18-21(7-8-22(18,16-25)20(28)24(2)3)9-12-26(13-10-21)19(27)17-6-5-11-23-14-17;3-2(4,5)1(6)7/h5-6,11,14,18H,4,7-10,12-13,15-16H2,1-3H3;(H,6,7)/t18-,22+;/m0./s1. The Bertz CT molecular complexity index is 932. The first kappa shape index (κ1) is 26.9. The van der Waals surface area contributed by atoms with Gasteiger partial charge in [0.15, 0.2) is 0 Å². The van der Waals surface area contributed by atoms with Gasteiger partial charge in [0, 0.05) is 52.7 Å². The monoisotopic (exact) mass is 498 g/mol. The lowest BCUT2D eigenvalue weighted by atomic mass is 9.65. The molecule has 3 aliphatic rings. The number of aromatic nitrogens is 1. The second kappa shape index (κ2) is 10.1. The van der Waals surface area contributed by atoms with Crippen molar-refractivity contribution in [2.75, 3.05) is 46.8 Å². The number of aliphatic carboxylic acids is 1. The largest absolute Gasteiger partial charge is 0.490 e. The molecule has 0 bridgehead atoms. The van der Waals surface area contributed by atoms with E-state index in [1.54, 1.807) is 17.3 Å². The summed E-state index contributed by atoms with van der Waals surface area (Å²) < 4.78 is 31.7. The number of likely N-dealkylation sites (tertiary alicyclic amines) is 2. The van der Waals surface area contributed by atoms with Gasteiger partial charge < -0.3 is 19.8 Å². The van der Waals surface area contributed by atoms with Crippen LogP contribution in [0.5, 0.6) is 0 Å². The SMILES string of the molecule is CCN1C[C@H]2C3(CCN(C(=O)c4cccnc4)CC3)CC[C@@]2(C(=O)N(C)C)C1.O=C(O)C(F)(F)F. The molecule has 1 spiro atoms. The third-order valence-electron chi connectivity index (χ3n) is 7.90. The van der Waals surface area contributed by atoms with Gasteiger partial charge in [-0.1, -0.05) is 6.92 Å². The summed E-state index contributed by atoms with van der Waals surface area (Å²) in [5.74, 6) is -1.96. The van der Waals surface area contributed by atoms with E-state index in [0.717, 1.165) is 58.4 Å². The minimum Gasteiger partial charge on any atom is -0.475 e. The molecule has 1 aromatic rings. The number of halogens is 3. The van der Waals surface area contributed by atoms with Gasteiger partial charge in [-0.05, 0) is 55.7 Å². The number of rotatable bonds is 3. The molecule has 2 aliphatic heterocycles. The van der Waals surface area contributed by atoms with Crippen LogP contribution in [0, 0.1) is 16.7 Å². The van der Waals surface area contributed by atoms with Gasteiger partial charge in [-0.3, -0.25) is 14.6 Å². The molecule has 1 aromatic heterocycles. The molecular formula is C24H33F3N4O4. The van der Waals surface area contributed by atoms with E-state index in [1.165, 1.54) is 0 Å². The maximum Gasteiger partial charge on any atom is 0.490 e. The second-order valence-corrected chi connectivity index (χ2v) is 9.94. The van der Waals surface area contributed by atoms with Crippen molar-refractivity contribution >= 4 is 17.8 Å². The Morgan fingerprint density at radius 1 is 1.17 bits per heavy atom. The van der Waals surface area contributed by atoms with Crippen LogP contribution in [-0.4, -0.2) is 95.6 Å². The number of nitrogens with zero attached hydrogens (tertiary/aromatic N) is 4. The van der Waals surface area contributed by atoms with E-state index in [4.69, 9.17) is 9.90 Å². The summed E-state index contributed by atoms with van der Waals surface area (Å²) in [4.78, 5) is 45.2. The quantitative estimate of drug-likeness (QED) is 0.689. The number of carbonyl (C=O) groups is 3. The van der Waals surface area contributed by atoms with Crippen molar-refractivity contribution in [3.63, 3.8) is 0 Å². The molecule has 1 N–H and O–H groups in total. The summed E-state index contributed by atoms with van der Waals surface area (Å²) in [6, 6.07) is 3.65. The number of piperidine rings is 1. The van der Waals surface area contributed by atoms with Gasteiger partial charge in [0.1, 0.15) is 0 Å². The number of alkyl halides is 3. The Morgan fingerprint density at radius 3 is 2.29 bits per heavy atom. The van der Waals surface area contributed by atoms with Crippen LogP contribution in [0.3, 0.4) is 0 Å². The number of amides is 2. The van der Waals surface area contributed by atoms with E-state index in [-0.39, 0.29) is 16.7 Å². The lowest BCUT2D eigenvalue weighted by molar-refractivity contribution is -0.192. The Labute approximate surface area is 203 Å². The van der Waals surface area contributed by atoms with Crippen molar-refractivity contribution in [1.82, 2.24) is 19.7 Å². The van der Waals surface area contributed by atoms with Crippen molar-refractivity contribution in [1.29, 1.82) is 0 Å². The van der Waals surface area contributed by atoms with Crippen molar-refractivity contribution in [2.24, 2.45) is 16.7 Å². The topological polar surface area (TPSA) is 94.0 Å². The molecule has 2 saturated heterocycles. The van der Waals surface area contributed by atoms with Crippen molar-refractivity contribution in [3.8, 4) is 0 Å². The number of hydrogen-bond acceptors (Lipinski definition) is 5. The van der Waals surface area contributed by atoms with E-state index >= 15 is 0 Å².